The SMILES string of the molecule is C=COO[Si](C(C)(C)c1ccccc1)(C(C)(C)c1ccccc1)C(C)(C)c1ccccc1. The van der Waals surface area contributed by atoms with Crippen LogP contribution in [0.3, 0.4) is 0 Å². The molecule has 0 spiro atoms. The molecular formula is C29H36O2Si. The predicted molar refractivity (Wildman–Crippen MR) is 137 cm³/mol. The lowest BCUT2D eigenvalue weighted by molar-refractivity contribution is -0.175. The number of hydrogen-bond acceptors (Lipinski definition) is 2. The molecule has 0 heterocycles. The predicted octanol–water partition coefficient (Wildman–Crippen LogP) is 7.57. The van der Waals surface area contributed by atoms with Gasteiger partial charge in [-0.15, -0.1) is 0 Å². The zero-order chi connectivity index (χ0) is 23.5. The van der Waals surface area contributed by atoms with E-state index in [1.165, 1.54) is 23.0 Å². The third-order valence-corrected chi connectivity index (χ3v) is 13.9. The van der Waals surface area contributed by atoms with Crippen LogP contribution in [-0.4, -0.2) is 8.32 Å². The standard InChI is InChI=1S/C29H36O2Si/c1-8-30-31-32(27(2,3)24-18-12-9-13-19-24,28(4,5)25-20-14-10-15-21-25)29(6,7)26-22-16-11-17-23-26/h8-23H,1H2,2-7H3. The van der Waals surface area contributed by atoms with E-state index in [0.717, 1.165) is 0 Å². The molecule has 32 heavy (non-hydrogen) atoms. The minimum atomic E-state index is -3.02. The Hall–Kier alpha value is -2.62. The van der Waals surface area contributed by atoms with Gasteiger partial charge in [-0.05, 0) is 16.7 Å². The van der Waals surface area contributed by atoms with Crippen molar-refractivity contribution in [2.24, 2.45) is 0 Å². The van der Waals surface area contributed by atoms with E-state index in [0.29, 0.717) is 0 Å². The van der Waals surface area contributed by atoms with Crippen LogP contribution in [0.5, 0.6) is 0 Å². The Bertz CT molecular complexity index is 884. The van der Waals surface area contributed by atoms with Crippen LogP contribution < -0.4 is 0 Å². The van der Waals surface area contributed by atoms with E-state index < -0.39 is 8.32 Å². The van der Waals surface area contributed by atoms with Crippen molar-refractivity contribution < 1.29 is 9.46 Å². The lowest BCUT2D eigenvalue weighted by Crippen LogP contribution is -2.76. The molecule has 0 aliphatic heterocycles. The minimum absolute atomic E-state index is 0.323. The molecule has 0 unspecified atom stereocenters. The first-order valence-corrected chi connectivity index (χ1v) is 13.2. The summed E-state index contributed by atoms with van der Waals surface area (Å²) in [4.78, 5) is 5.75. The first kappa shape index (κ1) is 24.0. The number of hydrogen-bond donors (Lipinski definition) is 0. The Labute approximate surface area is 195 Å². The average Bonchev–Trinajstić information content (AvgIpc) is 2.81. The molecule has 0 amide bonds. The second-order valence-corrected chi connectivity index (χ2v) is 15.3. The molecule has 3 rings (SSSR count). The Morgan fingerprint density at radius 2 is 0.844 bits per heavy atom. The van der Waals surface area contributed by atoms with Gasteiger partial charge in [0.2, 0.25) is 0 Å². The van der Waals surface area contributed by atoms with Gasteiger partial charge in [0.15, 0.2) is 0 Å². The minimum Gasteiger partial charge on any atom is -0.358 e. The molecule has 168 valence electrons. The monoisotopic (exact) mass is 444 g/mol. The largest absolute Gasteiger partial charge is 0.358 e. The van der Waals surface area contributed by atoms with Gasteiger partial charge in [-0.1, -0.05) is 139 Å². The Kier molecular flexibility index (Phi) is 6.82. The highest BCUT2D eigenvalue weighted by Gasteiger charge is 2.70. The van der Waals surface area contributed by atoms with E-state index in [1.807, 2.05) is 0 Å². The molecule has 0 saturated carbocycles. The summed E-state index contributed by atoms with van der Waals surface area (Å²) in [6.45, 7) is 17.7. The van der Waals surface area contributed by atoms with Crippen molar-refractivity contribution in [2.45, 2.75) is 56.7 Å². The maximum atomic E-state index is 6.76. The van der Waals surface area contributed by atoms with Crippen molar-refractivity contribution in [3.05, 3.63) is 121 Å². The van der Waals surface area contributed by atoms with E-state index in [1.54, 1.807) is 0 Å². The highest BCUT2D eigenvalue weighted by molar-refractivity contribution is 6.81. The molecule has 0 aliphatic rings. The third kappa shape index (κ3) is 3.74. The van der Waals surface area contributed by atoms with Gasteiger partial charge in [0, 0.05) is 15.1 Å². The summed E-state index contributed by atoms with van der Waals surface area (Å²) in [7, 11) is -3.02. The number of benzene rings is 3. The summed E-state index contributed by atoms with van der Waals surface area (Å²) in [6, 6.07) is 32.1. The van der Waals surface area contributed by atoms with Crippen LogP contribution >= 0.6 is 0 Å². The topological polar surface area (TPSA) is 18.5 Å². The molecule has 0 aromatic heterocycles. The van der Waals surface area contributed by atoms with Crippen molar-refractivity contribution in [3.63, 3.8) is 0 Å². The van der Waals surface area contributed by atoms with Gasteiger partial charge in [-0.3, -0.25) is 0 Å². The lowest BCUT2D eigenvalue weighted by atomic mass is 9.99. The molecule has 3 heteroatoms. The van der Waals surface area contributed by atoms with Gasteiger partial charge >= 0.3 is 0 Å². The van der Waals surface area contributed by atoms with Gasteiger partial charge in [0.25, 0.3) is 8.32 Å². The maximum Gasteiger partial charge on any atom is 0.284 e. The molecule has 3 aromatic rings. The zero-order valence-electron chi connectivity index (χ0n) is 20.3. The first-order chi connectivity index (χ1) is 15.1. The van der Waals surface area contributed by atoms with Gasteiger partial charge < -0.3 is 4.89 Å². The number of rotatable bonds is 9. The molecule has 3 aromatic carbocycles. The maximum absolute atomic E-state index is 6.76. The van der Waals surface area contributed by atoms with Crippen molar-refractivity contribution in [1.29, 1.82) is 0 Å². The van der Waals surface area contributed by atoms with Crippen LogP contribution in [0.2, 0.25) is 0 Å². The molecule has 0 atom stereocenters. The average molecular weight is 445 g/mol. The Morgan fingerprint density at radius 1 is 0.562 bits per heavy atom. The van der Waals surface area contributed by atoms with Crippen LogP contribution in [0.15, 0.2) is 104 Å². The van der Waals surface area contributed by atoms with E-state index in [9.17, 15) is 0 Å². The Balaban J connectivity index is 2.43. The van der Waals surface area contributed by atoms with Crippen molar-refractivity contribution >= 4 is 8.32 Å². The van der Waals surface area contributed by atoms with Gasteiger partial charge in [0.05, 0.1) is 0 Å². The fourth-order valence-corrected chi connectivity index (χ4v) is 13.2. The molecular weight excluding hydrogens is 408 g/mol. The van der Waals surface area contributed by atoms with Crippen LogP contribution in [0, 0.1) is 0 Å². The molecule has 0 saturated heterocycles. The quantitative estimate of drug-likeness (QED) is 0.147. The van der Waals surface area contributed by atoms with Crippen LogP contribution in [0.1, 0.15) is 58.2 Å². The molecule has 0 bridgehead atoms. The van der Waals surface area contributed by atoms with Gasteiger partial charge in [-0.2, -0.15) is 0 Å². The van der Waals surface area contributed by atoms with Crippen molar-refractivity contribution in [1.82, 2.24) is 0 Å². The third-order valence-electron chi connectivity index (χ3n) is 7.37. The fourth-order valence-electron chi connectivity index (χ4n) is 5.94. The van der Waals surface area contributed by atoms with E-state index >= 15 is 0 Å². The highest BCUT2D eigenvalue weighted by Crippen LogP contribution is 2.55. The van der Waals surface area contributed by atoms with Crippen LogP contribution in [0.25, 0.3) is 0 Å². The van der Waals surface area contributed by atoms with E-state index in [2.05, 4.69) is 139 Å². The normalized spacial score (nSPS) is 12.9. The summed E-state index contributed by atoms with van der Waals surface area (Å²) in [6.07, 6.45) is 1.41. The molecule has 0 fully saturated rings. The summed E-state index contributed by atoms with van der Waals surface area (Å²) < 4.78 is 6.76. The van der Waals surface area contributed by atoms with E-state index in [4.69, 9.17) is 9.46 Å². The smallest absolute Gasteiger partial charge is 0.284 e. The van der Waals surface area contributed by atoms with E-state index in [-0.39, 0.29) is 15.1 Å². The fraction of sp³-hybridized carbons (Fsp3) is 0.310. The second-order valence-electron chi connectivity index (χ2n) is 10.0. The molecule has 0 aliphatic carbocycles. The molecule has 0 N–H and O–H groups in total. The van der Waals surface area contributed by atoms with Crippen LogP contribution in [-0.2, 0) is 24.6 Å². The zero-order valence-corrected chi connectivity index (χ0v) is 21.3. The molecule has 2 nitrogen and oxygen atoms in total. The van der Waals surface area contributed by atoms with Crippen molar-refractivity contribution in [2.75, 3.05) is 0 Å². The Morgan fingerprint density at radius 3 is 1.09 bits per heavy atom. The summed E-state index contributed by atoms with van der Waals surface area (Å²) >= 11 is 0. The highest BCUT2D eigenvalue weighted by atomic mass is 28.4. The summed E-state index contributed by atoms with van der Waals surface area (Å²) in [5, 5.41) is -0.970. The first-order valence-electron chi connectivity index (χ1n) is 11.2. The summed E-state index contributed by atoms with van der Waals surface area (Å²) in [5.74, 6) is 0. The molecule has 0 radical (unpaired) electrons. The van der Waals surface area contributed by atoms with Crippen molar-refractivity contribution in [3.8, 4) is 0 Å². The van der Waals surface area contributed by atoms with Gasteiger partial charge in [0.1, 0.15) is 6.26 Å². The van der Waals surface area contributed by atoms with Crippen LogP contribution in [0.4, 0.5) is 0 Å². The lowest BCUT2D eigenvalue weighted by Gasteiger charge is -2.59. The van der Waals surface area contributed by atoms with Gasteiger partial charge in [-0.25, -0.2) is 4.58 Å². The second kappa shape index (κ2) is 9.09. The summed E-state index contributed by atoms with van der Waals surface area (Å²) in [5.41, 5.74) is 3.73.